The van der Waals surface area contributed by atoms with Crippen LogP contribution in [0.25, 0.3) is 11.3 Å². The van der Waals surface area contributed by atoms with E-state index in [1.54, 1.807) is 61.1 Å². The van der Waals surface area contributed by atoms with E-state index >= 15 is 0 Å². The number of hydrogen-bond acceptors (Lipinski definition) is 7. The molecule has 2 aromatic heterocycles. The zero-order valence-corrected chi connectivity index (χ0v) is 18.8. The lowest BCUT2D eigenvalue weighted by atomic mass is 10.1. The summed E-state index contributed by atoms with van der Waals surface area (Å²) in [5, 5.41) is 6.04. The molecule has 0 spiro atoms. The number of nitrogens with zero attached hydrogens (tertiary/aromatic N) is 3. The summed E-state index contributed by atoms with van der Waals surface area (Å²) in [5.74, 6) is 0.0935. The summed E-state index contributed by atoms with van der Waals surface area (Å²) >= 11 is -1.93. The van der Waals surface area contributed by atoms with E-state index < -0.39 is 11.1 Å². The van der Waals surface area contributed by atoms with Crippen molar-refractivity contribution in [3.8, 4) is 11.3 Å². The van der Waals surface area contributed by atoms with E-state index in [2.05, 4.69) is 25.6 Å². The molecule has 0 aliphatic carbocycles. The first-order chi connectivity index (χ1) is 16.5. The van der Waals surface area contributed by atoms with Crippen LogP contribution in [0.4, 0.5) is 17.3 Å². The second-order valence-electron chi connectivity index (χ2n) is 7.33. The molecule has 2 aromatic carbocycles. The SMILES string of the molecule is NCc1ccc(NC(=O)c2ccc(CS(=O)O)cc2)cc1Nc1nccc(-c2cccnc2)n1. The zero-order chi connectivity index (χ0) is 23.9. The van der Waals surface area contributed by atoms with Gasteiger partial charge in [-0.25, -0.2) is 14.2 Å². The van der Waals surface area contributed by atoms with Crippen LogP contribution in [-0.2, 0) is 23.4 Å². The van der Waals surface area contributed by atoms with Crippen LogP contribution in [0.15, 0.2) is 79.3 Å². The van der Waals surface area contributed by atoms with E-state index in [0.717, 1.165) is 16.8 Å². The molecule has 34 heavy (non-hydrogen) atoms. The fraction of sp³-hybridized carbons (Fsp3) is 0.0833. The Kier molecular flexibility index (Phi) is 7.33. The Morgan fingerprint density at radius 2 is 1.88 bits per heavy atom. The number of anilines is 3. The molecular weight excluding hydrogens is 452 g/mol. The van der Waals surface area contributed by atoms with Crippen molar-refractivity contribution in [2.75, 3.05) is 10.6 Å². The summed E-state index contributed by atoms with van der Waals surface area (Å²) in [6.07, 6.45) is 5.08. The Bertz CT molecular complexity index is 1320. The summed E-state index contributed by atoms with van der Waals surface area (Å²) in [6.45, 7) is 0.284. The van der Waals surface area contributed by atoms with E-state index in [0.29, 0.717) is 28.5 Å². The molecule has 0 radical (unpaired) electrons. The Hall–Kier alpha value is -3.99. The highest BCUT2D eigenvalue weighted by Crippen LogP contribution is 2.25. The molecule has 4 rings (SSSR count). The van der Waals surface area contributed by atoms with Gasteiger partial charge in [0.15, 0.2) is 11.1 Å². The smallest absolute Gasteiger partial charge is 0.255 e. The fourth-order valence-corrected chi connectivity index (χ4v) is 3.74. The van der Waals surface area contributed by atoms with E-state index in [-0.39, 0.29) is 18.2 Å². The number of aromatic nitrogens is 3. The highest BCUT2D eigenvalue weighted by molar-refractivity contribution is 7.78. The Morgan fingerprint density at radius 1 is 1.06 bits per heavy atom. The van der Waals surface area contributed by atoms with Gasteiger partial charge < -0.3 is 20.9 Å². The van der Waals surface area contributed by atoms with E-state index in [1.807, 2.05) is 18.2 Å². The average Bonchev–Trinajstić information content (AvgIpc) is 2.85. The quantitative estimate of drug-likeness (QED) is 0.283. The van der Waals surface area contributed by atoms with Crippen LogP contribution in [-0.4, -0.2) is 29.6 Å². The summed E-state index contributed by atoms with van der Waals surface area (Å²) in [6, 6.07) is 17.4. The van der Waals surface area contributed by atoms with Crippen molar-refractivity contribution in [2.45, 2.75) is 12.3 Å². The van der Waals surface area contributed by atoms with Gasteiger partial charge in [-0.3, -0.25) is 9.78 Å². The molecule has 9 nitrogen and oxygen atoms in total. The lowest BCUT2D eigenvalue weighted by Gasteiger charge is -2.13. The van der Waals surface area contributed by atoms with Crippen molar-refractivity contribution in [2.24, 2.45) is 5.73 Å². The van der Waals surface area contributed by atoms with Crippen molar-refractivity contribution in [3.05, 3.63) is 95.9 Å². The number of benzene rings is 2. The molecule has 5 N–H and O–H groups in total. The number of rotatable bonds is 8. The number of carbonyl (C=O) groups excluding carboxylic acids is 1. The molecule has 1 atom stereocenters. The number of carbonyl (C=O) groups is 1. The van der Waals surface area contributed by atoms with Gasteiger partial charge in [0.05, 0.1) is 11.4 Å². The molecule has 1 unspecified atom stereocenters. The molecular formula is C24H22N6O3S. The largest absolute Gasteiger partial charge is 0.326 e. The van der Waals surface area contributed by atoms with Gasteiger partial charge in [0.2, 0.25) is 5.95 Å². The van der Waals surface area contributed by atoms with Gasteiger partial charge in [-0.2, -0.15) is 0 Å². The zero-order valence-electron chi connectivity index (χ0n) is 18.0. The first-order valence-corrected chi connectivity index (χ1v) is 11.6. The highest BCUT2D eigenvalue weighted by atomic mass is 32.2. The van der Waals surface area contributed by atoms with Gasteiger partial charge in [0.25, 0.3) is 5.91 Å². The van der Waals surface area contributed by atoms with Crippen molar-refractivity contribution < 1.29 is 13.6 Å². The minimum Gasteiger partial charge on any atom is -0.326 e. The molecule has 10 heteroatoms. The van der Waals surface area contributed by atoms with Gasteiger partial charge >= 0.3 is 0 Å². The molecule has 0 bridgehead atoms. The average molecular weight is 475 g/mol. The van der Waals surface area contributed by atoms with Gasteiger partial charge in [-0.1, -0.05) is 18.2 Å². The molecule has 0 saturated carbocycles. The predicted octanol–water partition coefficient (Wildman–Crippen LogP) is 3.71. The van der Waals surface area contributed by atoms with Gasteiger partial charge in [-0.05, 0) is 53.6 Å². The number of nitrogens with two attached hydrogens (primary N) is 1. The predicted molar refractivity (Wildman–Crippen MR) is 132 cm³/mol. The third-order valence-electron chi connectivity index (χ3n) is 4.95. The van der Waals surface area contributed by atoms with Crippen LogP contribution < -0.4 is 16.4 Å². The Morgan fingerprint density at radius 3 is 2.59 bits per heavy atom. The molecule has 4 aromatic rings. The molecule has 2 heterocycles. The maximum absolute atomic E-state index is 12.7. The summed E-state index contributed by atoms with van der Waals surface area (Å²) in [4.78, 5) is 25.6. The maximum atomic E-state index is 12.7. The molecule has 0 aliphatic rings. The van der Waals surface area contributed by atoms with E-state index in [4.69, 9.17) is 10.3 Å². The van der Waals surface area contributed by atoms with Crippen LogP contribution in [0.3, 0.4) is 0 Å². The monoisotopic (exact) mass is 474 g/mol. The van der Waals surface area contributed by atoms with Crippen LogP contribution >= 0.6 is 0 Å². The standard InChI is InChI=1S/C24H22N6O3S/c25-13-18-7-8-20(28-23(31)17-5-3-16(4-6-17)15-34(32)33)12-22(18)30-24-27-11-9-21(29-24)19-2-1-10-26-14-19/h1-12,14H,13,15,25H2,(H,28,31)(H,32,33)(H,27,29,30). The maximum Gasteiger partial charge on any atom is 0.255 e. The van der Waals surface area contributed by atoms with Crippen LogP contribution in [0.1, 0.15) is 21.5 Å². The first-order valence-electron chi connectivity index (χ1n) is 10.3. The second kappa shape index (κ2) is 10.8. The highest BCUT2D eigenvalue weighted by Gasteiger charge is 2.11. The lowest BCUT2D eigenvalue weighted by Crippen LogP contribution is -2.13. The van der Waals surface area contributed by atoms with Gasteiger partial charge in [0.1, 0.15) is 0 Å². The number of nitrogens with one attached hydrogen (secondary N) is 2. The van der Waals surface area contributed by atoms with Crippen LogP contribution in [0.5, 0.6) is 0 Å². The Balaban J connectivity index is 1.52. The van der Waals surface area contributed by atoms with Crippen molar-refractivity contribution in [1.29, 1.82) is 0 Å². The molecule has 1 amide bonds. The number of pyridine rings is 1. The molecule has 0 saturated heterocycles. The molecule has 172 valence electrons. The normalized spacial score (nSPS) is 11.6. The number of amides is 1. The van der Waals surface area contributed by atoms with E-state index in [1.165, 1.54) is 0 Å². The fourth-order valence-electron chi connectivity index (χ4n) is 3.26. The lowest BCUT2D eigenvalue weighted by molar-refractivity contribution is 0.102. The molecule has 0 fully saturated rings. The van der Waals surface area contributed by atoms with Crippen LogP contribution in [0.2, 0.25) is 0 Å². The van der Waals surface area contributed by atoms with Crippen molar-refractivity contribution >= 4 is 34.3 Å². The molecule has 0 aliphatic heterocycles. The number of hydrogen-bond donors (Lipinski definition) is 4. The summed E-state index contributed by atoms with van der Waals surface area (Å²) < 4.78 is 19.9. The minimum absolute atomic E-state index is 0.0154. The summed E-state index contributed by atoms with van der Waals surface area (Å²) in [5.41, 5.74) is 10.6. The van der Waals surface area contributed by atoms with Gasteiger partial charge in [0, 0.05) is 47.6 Å². The third kappa shape index (κ3) is 5.87. The third-order valence-corrected chi connectivity index (χ3v) is 5.53. The first kappa shape index (κ1) is 23.2. The second-order valence-corrected chi connectivity index (χ2v) is 8.26. The minimum atomic E-state index is -1.93. The van der Waals surface area contributed by atoms with Crippen molar-refractivity contribution in [1.82, 2.24) is 15.0 Å². The van der Waals surface area contributed by atoms with Crippen LogP contribution in [0, 0.1) is 0 Å². The van der Waals surface area contributed by atoms with Crippen molar-refractivity contribution in [3.63, 3.8) is 0 Å². The topological polar surface area (TPSA) is 143 Å². The Labute approximate surface area is 198 Å². The van der Waals surface area contributed by atoms with Gasteiger partial charge in [-0.15, -0.1) is 0 Å². The summed E-state index contributed by atoms with van der Waals surface area (Å²) in [7, 11) is 0. The van der Waals surface area contributed by atoms with E-state index in [9.17, 15) is 9.00 Å².